The minimum Gasteiger partial charge on any atom is -0.497 e. The second kappa shape index (κ2) is 9.01. The van der Waals surface area contributed by atoms with Gasteiger partial charge in [-0.25, -0.2) is 0 Å². The molecule has 1 heterocycles. The summed E-state index contributed by atoms with van der Waals surface area (Å²) in [6.07, 6.45) is 1.04. The molecular weight excluding hydrogens is 342 g/mol. The number of methoxy groups -OCH3 is 1. The molecule has 1 fully saturated rings. The summed E-state index contributed by atoms with van der Waals surface area (Å²) in [5.74, 6) is 0.914. The predicted molar refractivity (Wildman–Crippen MR) is 111 cm³/mol. The first-order chi connectivity index (χ1) is 12.7. The van der Waals surface area contributed by atoms with Crippen LogP contribution in [0.2, 0.25) is 0 Å². The fourth-order valence-corrected chi connectivity index (χ4v) is 3.61. The third kappa shape index (κ3) is 4.96. The zero-order valence-electron chi connectivity index (χ0n) is 15.6. The highest BCUT2D eigenvalue weighted by Crippen LogP contribution is 2.13. The van der Waals surface area contributed by atoms with E-state index in [2.05, 4.69) is 53.5 Å². The van der Waals surface area contributed by atoms with Crippen molar-refractivity contribution < 1.29 is 9.64 Å². The van der Waals surface area contributed by atoms with E-state index in [0.717, 1.165) is 55.7 Å². The average Bonchev–Trinajstić information content (AvgIpc) is 2.69. The molecule has 138 valence electrons. The lowest BCUT2D eigenvalue weighted by Crippen LogP contribution is -3.13. The van der Waals surface area contributed by atoms with E-state index in [9.17, 15) is 0 Å². The molecule has 3 rings (SSSR count). The highest BCUT2D eigenvalue weighted by Gasteiger charge is 2.22. The molecule has 0 bridgehead atoms. The van der Waals surface area contributed by atoms with Gasteiger partial charge in [0.15, 0.2) is 5.11 Å². The molecule has 1 saturated heterocycles. The number of hydrogen-bond donors (Lipinski definition) is 2. The van der Waals surface area contributed by atoms with E-state index in [1.807, 2.05) is 12.1 Å². The minimum atomic E-state index is 0.835. The summed E-state index contributed by atoms with van der Waals surface area (Å²) in [5.41, 5.74) is 3.76. The van der Waals surface area contributed by atoms with Gasteiger partial charge < -0.3 is 19.9 Å². The largest absolute Gasteiger partial charge is 0.497 e. The third-order valence-corrected chi connectivity index (χ3v) is 5.32. The summed E-state index contributed by atoms with van der Waals surface area (Å²) >= 11 is 5.62. The first-order valence-electron chi connectivity index (χ1n) is 9.29. The van der Waals surface area contributed by atoms with Crippen molar-refractivity contribution in [3.05, 3.63) is 59.7 Å². The predicted octanol–water partition coefficient (Wildman–Crippen LogP) is 2.36. The molecule has 2 aromatic rings. The molecule has 5 heteroatoms. The molecule has 26 heavy (non-hydrogen) atoms. The number of benzene rings is 2. The van der Waals surface area contributed by atoms with Crippen LogP contribution in [-0.4, -0.2) is 43.3 Å². The van der Waals surface area contributed by atoms with Crippen molar-refractivity contribution >= 4 is 23.0 Å². The number of aryl methyl sites for hydroxylation is 1. The lowest BCUT2D eigenvalue weighted by Gasteiger charge is -2.34. The van der Waals surface area contributed by atoms with Crippen LogP contribution in [0.15, 0.2) is 48.5 Å². The van der Waals surface area contributed by atoms with E-state index in [4.69, 9.17) is 17.0 Å². The van der Waals surface area contributed by atoms with E-state index in [1.54, 1.807) is 12.0 Å². The third-order valence-electron chi connectivity index (χ3n) is 4.96. The van der Waals surface area contributed by atoms with Crippen LogP contribution in [0.5, 0.6) is 5.75 Å². The van der Waals surface area contributed by atoms with Crippen molar-refractivity contribution in [1.82, 2.24) is 4.90 Å². The summed E-state index contributed by atoms with van der Waals surface area (Å²) in [4.78, 5) is 3.88. The van der Waals surface area contributed by atoms with Crippen LogP contribution >= 0.6 is 12.2 Å². The number of thiocarbonyl (C=S) groups is 1. The summed E-state index contributed by atoms with van der Waals surface area (Å²) in [7, 11) is 1.70. The smallest absolute Gasteiger partial charge is 0.173 e. The van der Waals surface area contributed by atoms with Crippen molar-refractivity contribution in [1.29, 1.82) is 0 Å². The second-order valence-electron chi connectivity index (χ2n) is 6.75. The first kappa shape index (κ1) is 18.7. The van der Waals surface area contributed by atoms with Crippen molar-refractivity contribution in [3.63, 3.8) is 0 Å². The highest BCUT2D eigenvalue weighted by molar-refractivity contribution is 7.80. The van der Waals surface area contributed by atoms with Crippen LogP contribution in [0.4, 0.5) is 5.69 Å². The van der Waals surface area contributed by atoms with E-state index >= 15 is 0 Å². The Kier molecular flexibility index (Phi) is 6.47. The Morgan fingerprint density at radius 1 is 1.12 bits per heavy atom. The summed E-state index contributed by atoms with van der Waals surface area (Å²) < 4.78 is 5.23. The lowest BCUT2D eigenvalue weighted by molar-refractivity contribution is -0.917. The fourth-order valence-electron chi connectivity index (χ4n) is 3.31. The van der Waals surface area contributed by atoms with Gasteiger partial charge in [-0.3, -0.25) is 0 Å². The van der Waals surface area contributed by atoms with Crippen molar-refractivity contribution in [3.8, 4) is 5.75 Å². The molecular formula is C21H28N3OS+. The number of hydrogen-bond acceptors (Lipinski definition) is 2. The molecule has 0 saturated carbocycles. The molecule has 0 spiro atoms. The van der Waals surface area contributed by atoms with Crippen LogP contribution < -0.4 is 15.0 Å². The number of ether oxygens (including phenoxy) is 1. The summed E-state index contributed by atoms with van der Waals surface area (Å²) in [5, 5.41) is 4.23. The van der Waals surface area contributed by atoms with Crippen LogP contribution in [0.1, 0.15) is 18.1 Å². The number of nitrogens with one attached hydrogen (secondary N) is 2. The number of quaternary nitrogens is 1. The van der Waals surface area contributed by atoms with Gasteiger partial charge in [-0.1, -0.05) is 19.1 Å². The van der Waals surface area contributed by atoms with Gasteiger partial charge in [0, 0.05) is 11.3 Å². The van der Waals surface area contributed by atoms with Gasteiger partial charge in [0.05, 0.1) is 33.3 Å². The minimum absolute atomic E-state index is 0.835. The molecule has 1 aliphatic rings. The Balaban J connectivity index is 1.48. The summed E-state index contributed by atoms with van der Waals surface area (Å²) in [6, 6.07) is 16.9. The molecule has 4 nitrogen and oxygen atoms in total. The molecule has 2 N–H and O–H groups in total. The van der Waals surface area contributed by atoms with E-state index in [1.165, 1.54) is 11.1 Å². The van der Waals surface area contributed by atoms with Crippen LogP contribution in [-0.2, 0) is 13.0 Å². The number of rotatable bonds is 5. The zero-order valence-corrected chi connectivity index (χ0v) is 16.4. The number of nitrogens with zero attached hydrogens (tertiary/aromatic N) is 1. The molecule has 0 aliphatic carbocycles. The van der Waals surface area contributed by atoms with Crippen LogP contribution in [0.3, 0.4) is 0 Å². The molecule has 1 aliphatic heterocycles. The van der Waals surface area contributed by atoms with Crippen molar-refractivity contribution in [2.45, 2.75) is 19.9 Å². The molecule has 0 aromatic heterocycles. The molecule has 0 amide bonds. The van der Waals surface area contributed by atoms with Crippen LogP contribution in [0.25, 0.3) is 0 Å². The van der Waals surface area contributed by atoms with Gasteiger partial charge in [-0.05, 0) is 60.6 Å². The fraction of sp³-hybridized carbons (Fsp3) is 0.381. The summed E-state index contributed by atoms with van der Waals surface area (Å²) in [6.45, 7) is 7.40. The Hall–Kier alpha value is -2.11. The Morgan fingerprint density at radius 2 is 1.85 bits per heavy atom. The molecule has 0 unspecified atom stereocenters. The van der Waals surface area contributed by atoms with Gasteiger partial charge >= 0.3 is 0 Å². The average molecular weight is 371 g/mol. The van der Waals surface area contributed by atoms with E-state index in [0.29, 0.717) is 0 Å². The van der Waals surface area contributed by atoms with E-state index in [-0.39, 0.29) is 0 Å². The zero-order chi connectivity index (χ0) is 18.4. The Labute approximate surface area is 161 Å². The second-order valence-corrected chi connectivity index (χ2v) is 7.13. The highest BCUT2D eigenvalue weighted by atomic mass is 32.1. The van der Waals surface area contributed by atoms with Gasteiger partial charge in [0.25, 0.3) is 0 Å². The molecule has 2 aromatic carbocycles. The monoisotopic (exact) mass is 370 g/mol. The number of anilines is 1. The van der Waals surface area contributed by atoms with Gasteiger partial charge in [0.2, 0.25) is 0 Å². The maximum atomic E-state index is 5.62. The standard InChI is InChI=1S/C21H27N3OS/c1-3-17-5-4-6-19(15-17)22-21(26)24-13-11-23(12-14-24)16-18-7-9-20(25-2)10-8-18/h4-10,15H,3,11-14,16H2,1-2H3,(H,22,26)/p+1. The lowest BCUT2D eigenvalue weighted by atomic mass is 10.1. The quantitative estimate of drug-likeness (QED) is 0.791. The Bertz CT molecular complexity index is 724. The van der Waals surface area contributed by atoms with Crippen molar-refractivity contribution in [2.24, 2.45) is 0 Å². The van der Waals surface area contributed by atoms with Gasteiger partial charge in [-0.15, -0.1) is 0 Å². The maximum Gasteiger partial charge on any atom is 0.173 e. The van der Waals surface area contributed by atoms with Crippen molar-refractivity contribution in [2.75, 3.05) is 38.6 Å². The Morgan fingerprint density at radius 3 is 2.50 bits per heavy atom. The molecule has 0 atom stereocenters. The number of piperazine rings is 1. The van der Waals surface area contributed by atoms with Gasteiger partial charge in [-0.2, -0.15) is 0 Å². The topological polar surface area (TPSA) is 28.9 Å². The first-order valence-corrected chi connectivity index (χ1v) is 9.70. The van der Waals surface area contributed by atoms with E-state index < -0.39 is 0 Å². The molecule has 0 radical (unpaired) electrons. The van der Waals surface area contributed by atoms with Gasteiger partial charge in [0.1, 0.15) is 12.3 Å². The normalized spacial score (nSPS) is 14.9. The maximum absolute atomic E-state index is 5.62. The van der Waals surface area contributed by atoms with Crippen LogP contribution in [0, 0.1) is 0 Å². The SMILES string of the molecule is CCc1cccc(NC(=S)N2CC[NH+](Cc3ccc(OC)cc3)CC2)c1.